The van der Waals surface area contributed by atoms with Crippen molar-refractivity contribution in [2.45, 2.75) is 37.9 Å². The Kier molecular flexibility index (Phi) is 4.95. The number of ether oxygens (including phenoxy) is 2. The summed E-state index contributed by atoms with van der Waals surface area (Å²) in [7, 11) is 0. The van der Waals surface area contributed by atoms with Crippen molar-refractivity contribution in [1.29, 1.82) is 0 Å². The summed E-state index contributed by atoms with van der Waals surface area (Å²) in [5, 5.41) is 5.50. The fourth-order valence-corrected chi connectivity index (χ4v) is 2.17. The number of rotatable bonds is 5. The molecule has 0 bridgehead atoms. The Labute approximate surface area is 106 Å². The van der Waals surface area contributed by atoms with E-state index in [9.17, 15) is 9.59 Å². The smallest absolute Gasteiger partial charge is 0.249 e. The second kappa shape index (κ2) is 6.70. The first-order chi connectivity index (χ1) is 8.77. The lowest BCUT2D eigenvalue weighted by atomic mass is 10.2. The maximum Gasteiger partial charge on any atom is 0.249 e. The van der Waals surface area contributed by atoms with Crippen molar-refractivity contribution in [2.75, 3.05) is 26.3 Å². The SMILES string of the molecule is O=C(NCCNC(=O)C1CCCO1)C1CCCO1. The van der Waals surface area contributed by atoms with Crippen LogP contribution in [0.25, 0.3) is 0 Å². The lowest BCUT2D eigenvalue weighted by Gasteiger charge is -2.12. The quantitative estimate of drug-likeness (QED) is 0.655. The van der Waals surface area contributed by atoms with Crippen LogP contribution in [0, 0.1) is 0 Å². The van der Waals surface area contributed by atoms with Crippen LogP contribution in [-0.2, 0) is 19.1 Å². The van der Waals surface area contributed by atoms with E-state index in [1.54, 1.807) is 0 Å². The van der Waals surface area contributed by atoms with E-state index in [4.69, 9.17) is 9.47 Å². The molecular formula is C12H20N2O4. The van der Waals surface area contributed by atoms with Gasteiger partial charge < -0.3 is 20.1 Å². The minimum absolute atomic E-state index is 0.0844. The summed E-state index contributed by atoms with van der Waals surface area (Å²) in [5.41, 5.74) is 0. The Balaban J connectivity index is 1.55. The molecule has 2 N–H and O–H groups in total. The third kappa shape index (κ3) is 3.68. The monoisotopic (exact) mass is 256 g/mol. The molecule has 2 aliphatic heterocycles. The lowest BCUT2D eigenvalue weighted by Crippen LogP contribution is -2.41. The van der Waals surface area contributed by atoms with Crippen LogP contribution in [0.15, 0.2) is 0 Å². The first kappa shape index (κ1) is 13.3. The summed E-state index contributed by atoms with van der Waals surface area (Å²) in [6.07, 6.45) is 2.84. The minimum Gasteiger partial charge on any atom is -0.368 e. The van der Waals surface area contributed by atoms with E-state index in [1.807, 2.05) is 0 Å². The Hall–Kier alpha value is -1.14. The van der Waals surface area contributed by atoms with Crippen LogP contribution >= 0.6 is 0 Å². The third-order valence-corrected chi connectivity index (χ3v) is 3.17. The van der Waals surface area contributed by atoms with Gasteiger partial charge in [0.1, 0.15) is 12.2 Å². The topological polar surface area (TPSA) is 76.7 Å². The van der Waals surface area contributed by atoms with Crippen molar-refractivity contribution in [3.05, 3.63) is 0 Å². The second-order valence-corrected chi connectivity index (χ2v) is 4.59. The predicted octanol–water partition coefficient (Wildman–Crippen LogP) is -0.423. The highest BCUT2D eigenvalue weighted by molar-refractivity contribution is 5.82. The van der Waals surface area contributed by atoms with E-state index in [0.717, 1.165) is 25.7 Å². The number of carbonyl (C=O) groups is 2. The molecule has 6 heteroatoms. The Morgan fingerprint density at radius 2 is 1.33 bits per heavy atom. The standard InChI is InChI=1S/C12H20N2O4/c15-11(9-3-1-7-17-9)13-5-6-14-12(16)10-4-2-8-18-10/h9-10H,1-8H2,(H,13,15)(H,14,16). The normalized spacial score (nSPS) is 27.1. The highest BCUT2D eigenvalue weighted by atomic mass is 16.5. The van der Waals surface area contributed by atoms with Crippen LogP contribution in [0.4, 0.5) is 0 Å². The number of hydrogen-bond acceptors (Lipinski definition) is 4. The fourth-order valence-electron chi connectivity index (χ4n) is 2.17. The van der Waals surface area contributed by atoms with Gasteiger partial charge in [-0.05, 0) is 25.7 Å². The number of carbonyl (C=O) groups excluding carboxylic acids is 2. The molecule has 2 atom stereocenters. The Morgan fingerprint density at radius 1 is 0.889 bits per heavy atom. The van der Waals surface area contributed by atoms with Crippen LogP contribution in [0.3, 0.4) is 0 Å². The Morgan fingerprint density at radius 3 is 1.67 bits per heavy atom. The first-order valence-corrected chi connectivity index (χ1v) is 6.56. The fraction of sp³-hybridized carbons (Fsp3) is 0.833. The second-order valence-electron chi connectivity index (χ2n) is 4.59. The highest BCUT2D eigenvalue weighted by Crippen LogP contribution is 2.12. The van der Waals surface area contributed by atoms with Gasteiger partial charge in [-0.2, -0.15) is 0 Å². The van der Waals surface area contributed by atoms with E-state index in [-0.39, 0.29) is 24.0 Å². The molecule has 2 amide bonds. The van der Waals surface area contributed by atoms with E-state index in [0.29, 0.717) is 26.3 Å². The molecule has 0 spiro atoms. The zero-order valence-corrected chi connectivity index (χ0v) is 10.4. The van der Waals surface area contributed by atoms with Crippen molar-refractivity contribution >= 4 is 11.8 Å². The van der Waals surface area contributed by atoms with Crippen LogP contribution in [0.5, 0.6) is 0 Å². The summed E-state index contributed by atoms with van der Waals surface area (Å²) < 4.78 is 10.5. The van der Waals surface area contributed by atoms with Gasteiger partial charge in [0.25, 0.3) is 0 Å². The van der Waals surface area contributed by atoms with Gasteiger partial charge in [-0.3, -0.25) is 9.59 Å². The van der Waals surface area contributed by atoms with E-state index < -0.39 is 0 Å². The summed E-state index contributed by atoms with van der Waals surface area (Å²) >= 11 is 0. The van der Waals surface area contributed by atoms with Crippen molar-refractivity contribution in [1.82, 2.24) is 10.6 Å². The number of nitrogens with one attached hydrogen (secondary N) is 2. The van der Waals surface area contributed by atoms with Gasteiger partial charge in [-0.15, -0.1) is 0 Å². The molecule has 2 aliphatic rings. The molecule has 2 saturated heterocycles. The molecule has 0 saturated carbocycles. The van der Waals surface area contributed by atoms with Crippen molar-refractivity contribution in [2.24, 2.45) is 0 Å². The van der Waals surface area contributed by atoms with Crippen LogP contribution in [0.2, 0.25) is 0 Å². The average molecular weight is 256 g/mol. The molecule has 0 radical (unpaired) electrons. The minimum atomic E-state index is -0.307. The van der Waals surface area contributed by atoms with Gasteiger partial charge in [-0.25, -0.2) is 0 Å². The molecule has 2 heterocycles. The zero-order chi connectivity index (χ0) is 12.8. The molecule has 0 aromatic rings. The van der Waals surface area contributed by atoms with Crippen LogP contribution in [0.1, 0.15) is 25.7 Å². The predicted molar refractivity (Wildman–Crippen MR) is 64.0 cm³/mol. The van der Waals surface area contributed by atoms with Gasteiger partial charge in [0, 0.05) is 26.3 Å². The lowest BCUT2D eigenvalue weighted by molar-refractivity contribution is -0.131. The van der Waals surface area contributed by atoms with Crippen molar-refractivity contribution < 1.29 is 19.1 Å². The molecule has 0 aromatic heterocycles. The van der Waals surface area contributed by atoms with Crippen LogP contribution in [-0.4, -0.2) is 50.3 Å². The maximum absolute atomic E-state index is 11.6. The van der Waals surface area contributed by atoms with Gasteiger partial charge in [0.15, 0.2) is 0 Å². The first-order valence-electron chi connectivity index (χ1n) is 6.56. The maximum atomic E-state index is 11.6. The van der Waals surface area contributed by atoms with Gasteiger partial charge in [-0.1, -0.05) is 0 Å². The number of amides is 2. The zero-order valence-electron chi connectivity index (χ0n) is 10.4. The molecule has 2 unspecified atom stereocenters. The van der Waals surface area contributed by atoms with Crippen molar-refractivity contribution in [3.63, 3.8) is 0 Å². The summed E-state index contributed by atoms with van der Waals surface area (Å²) in [4.78, 5) is 23.1. The summed E-state index contributed by atoms with van der Waals surface area (Å²) in [5.74, 6) is -0.169. The summed E-state index contributed by atoms with van der Waals surface area (Å²) in [6, 6.07) is 0. The molecule has 2 rings (SSSR count). The highest BCUT2D eigenvalue weighted by Gasteiger charge is 2.24. The van der Waals surface area contributed by atoms with Gasteiger partial charge in [0.2, 0.25) is 11.8 Å². The van der Waals surface area contributed by atoms with Gasteiger partial charge in [0.05, 0.1) is 0 Å². The molecule has 6 nitrogen and oxygen atoms in total. The van der Waals surface area contributed by atoms with E-state index in [1.165, 1.54) is 0 Å². The van der Waals surface area contributed by atoms with E-state index >= 15 is 0 Å². The molecule has 2 fully saturated rings. The largest absolute Gasteiger partial charge is 0.368 e. The summed E-state index contributed by atoms with van der Waals surface area (Å²) in [6.45, 7) is 2.18. The molecule has 18 heavy (non-hydrogen) atoms. The average Bonchev–Trinajstić information content (AvgIpc) is 3.05. The van der Waals surface area contributed by atoms with Crippen molar-refractivity contribution in [3.8, 4) is 0 Å². The third-order valence-electron chi connectivity index (χ3n) is 3.17. The van der Waals surface area contributed by atoms with Gasteiger partial charge >= 0.3 is 0 Å². The molecule has 0 aromatic carbocycles. The Bertz CT molecular complexity index is 266. The van der Waals surface area contributed by atoms with E-state index in [2.05, 4.69) is 10.6 Å². The molecular weight excluding hydrogens is 236 g/mol. The molecule has 0 aliphatic carbocycles. The van der Waals surface area contributed by atoms with Crippen LogP contribution < -0.4 is 10.6 Å². The molecule has 102 valence electrons. The number of hydrogen-bond donors (Lipinski definition) is 2.